The Labute approximate surface area is 123 Å². The molecule has 6 nitrogen and oxygen atoms in total. The largest absolute Gasteiger partial charge is 0.481 e. The molecule has 0 spiro atoms. The molecule has 1 fully saturated rings. The topological polar surface area (TPSA) is 101 Å². The molecule has 1 aliphatic carbocycles. The second-order valence-electron chi connectivity index (χ2n) is 5.90. The Morgan fingerprint density at radius 3 is 2.05 bits per heavy atom. The van der Waals surface area contributed by atoms with E-state index in [4.69, 9.17) is 5.11 Å². The minimum atomic E-state index is -3.28. The van der Waals surface area contributed by atoms with Gasteiger partial charge in [0, 0.05) is 11.9 Å². The highest BCUT2D eigenvalue weighted by molar-refractivity contribution is 7.90. The molecule has 0 heterocycles. The maximum Gasteiger partial charge on any atom is 0.307 e. The predicted octanol–water partition coefficient (Wildman–Crippen LogP) is 1.39. The molecule has 0 saturated heterocycles. The van der Waals surface area contributed by atoms with Gasteiger partial charge in [0.25, 0.3) is 0 Å². The SMILES string of the molecule is CC1(C)[C@H](C(=O)O)[C@@H]1C(=O)Nc1ccc(S(C)(=O)=O)cc1. The van der Waals surface area contributed by atoms with E-state index in [1.165, 1.54) is 24.3 Å². The summed E-state index contributed by atoms with van der Waals surface area (Å²) in [6, 6.07) is 5.77. The highest BCUT2D eigenvalue weighted by Crippen LogP contribution is 2.58. The van der Waals surface area contributed by atoms with E-state index in [1.54, 1.807) is 13.8 Å². The number of sulfone groups is 1. The molecule has 1 aromatic carbocycles. The lowest BCUT2D eigenvalue weighted by molar-refractivity contribution is -0.140. The normalized spacial score (nSPS) is 23.4. The molecule has 0 radical (unpaired) electrons. The minimum absolute atomic E-state index is 0.163. The number of carbonyl (C=O) groups excluding carboxylic acids is 1. The summed E-state index contributed by atoms with van der Waals surface area (Å²) in [6.45, 7) is 3.48. The Kier molecular flexibility index (Phi) is 3.57. The third kappa shape index (κ3) is 2.92. The number of carboxylic acids is 1. The number of rotatable bonds is 4. The van der Waals surface area contributed by atoms with E-state index in [0.29, 0.717) is 5.69 Å². The van der Waals surface area contributed by atoms with Gasteiger partial charge in [-0.25, -0.2) is 8.42 Å². The van der Waals surface area contributed by atoms with Gasteiger partial charge in [-0.15, -0.1) is 0 Å². The number of carboxylic acid groups (broad SMARTS) is 1. The fraction of sp³-hybridized carbons (Fsp3) is 0.429. The van der Waals surface area contributed by atoms with Crippen LogP contribution in [0.3, 0.4) is 0 Å². The predicted molar refractivity (Wildman–Crippen MR) is 76.6 cm³/mol. The Bertz CT molecular complexity index is 691. The highest BCUT2D eigenvalue weighted by atomic mass is 32.2. The van der Waals surface area contributed by atoms with Gasteiger partial charge < -0.3 is 10.4 Å². The van der Waals surface area contributed by atoms with Crippen LogP contribution in [0.25, 0.3) is 0 Å². The van der Waals surface area contributed by atoms with Crippen molar-refractivity contribution < 1.29 is 23.1 Å². The van der Waals surface area contributed by atoms with Crippen molar-refractivity contribution in [2.24, 2.45) is 17.3 Å². The van der Waals surface area contributed by atoms with E-state index in [2.05, 4.69) is 5.32 Å². The zero-order valence-electron chi connectivity index (χ0n) is 12.0. The van der Waals surface area contributed by atoms with E-state index in [1.807, 2.05) is 0 Å². The molecule has 7 heteroatoms. The fourth-order valence-corrected chi connectivity index (χ4v) is 3.22. The van der Waals surface area contributed by atoms with Crippen molar-refractivity contribution in [2.75, 3.05) is 11.6 Å². The second kappa shape index (κ2) is 4.84. The second-order valence-corrected chi connectivity index (χ2v) is 7.92. The summed E-state index contributed by atoms with van der Waals surface area (Å²) in [7, 11) is -3.28. The molecule has 0 aliphatic heterocycles. The zero-order chi connectivity index (χ0) is 16.0. The van der Waals surface area contributed by atoms with E-state index in [-0.39, 0.29) is 10.8 Å². The van der Waals surface area contributed by atoms with Crippen molar-refractivity contribution in [2.45, 2.75) is 18.7 Å². The first kappa shape index (κ1) is 15.5. The van der Waals surface area contributed by atoms with Gasteiger partial charge in [-0.3, -0.25) is 9.59 Å². The minimum Gasteiger partial charge on any atom is -0.481 e. The third-order valence-corrected chi connectivity index (χ3v) is 5.05. The van der Waals surface area contributed by atoms with Crippen LogP contribution < -0.4 is 5.32 Å². The number of amides is 1. The van der Waals surface area contributed by atoms with Crippen LogP contribution in [0.1, 0.15) is 13.8 Å². The van der Waals surface area contributed by atoms with Crippen LogP contribution in [0.4, 0.5) is 5.69 Å². The van der Waals surface area contributed by atoms with Gasteiger partial charge in [-0.2, -0.15) is 0 Å². The first-order valence-corrected chi connectivity index (χ1v) is 8.28. The lowest BCUT2D eigenvalue weighted by atomic mass is 10.1. The van der Waals surface area contributed by atoms with Crippen molar-refractivity contribution in [1.82, 2.24) is 0 Å². The molecule has 1 aliphatic rings. The van der Waals surface area contributed by atoms with Crippen LogP contribution in [0.2, 0.25) is 0 Å². The summed E-state index contributed by atoms with van der Waals surface area (Å²) in [4.78, 5) is 23.3. The Balaban J connectivity index is 2.10. The molecule has 1 amide bonds. The number of aliphatic carboxylic acids is 1. The fourth-order valence-electron chi connectivity index (χ4n) is 2.59. The standard InChI is InChI=1S/C14H17NO5S/c1-14(2)10(11(14)13(17)18)12(16)15-8-4-6-9(7-5-8)21(3,19)20/h4-7,10-11H,1-3H3,(H,15,16)(H,17,18)/t10-,11+/m1/s1. The number of benzene rings is 1. The molecule has 2 N–H and O–H groups in total. The van der Waals surface area contributed by atoms with E-state index in [0.717, 1.165) is 6.26 Å². The smallest absolute Gasteiger partial charge is 0.307 e. The monoisotopic (exact) mass is 311 g/mol. The lowest BCUT2D eigenvalue weighted by Crippen LogP contribution is -2.17. The molecule has 114 valence electrons. The van der Waals surface area contributed by atoms with Gasteiger partial charge in [0.2, 0.25) is 5.91 Å². The van der Waals surface area contributed by atoms with Crippen molar-refractivity contribution in [3.05, 3.63) is 24.3 Å². The average molecular weight is 311 g/mol. The van der Waals surface area contributed by atoms with E-state index < -0.39 is 33.1 Å². The summed E-state index contributed by atoms with van der Waals surface area (Å²) in [6.07, 6.45) is 1.10. The van der Waals surface area contributed by atoms with Crippen LogP contribution in [0.5, 0.6) is 0 Å². The maximum atomic E-state index is 12.1. The van der Waals surface area contributed by atoms with Gasteiger partial charge in [0.1, 0.15) is 0 Å². The molecule has 2 rings (SSSR count). The maximum absolute atomic E-state index is 12.1. The Morgan fingerprint density at radius 1 is 1.14 bits per heavy atom. The molecule has 0 unspecified atom stereocenters. The summed E-state index contributed by atoms with van der Waals surface area (Å²) < 4.78 is 22.7. The summed E-state index contributed by atoms with van der Waals surface area (Å²) in [5, 5.41) is 11.7. The molecular weight excluding hydrogens is 294 g/mol. The highest BCUT2D eigenvalue weighted by Gasteiger charge is 2.65. The van der Waals surface area contributed by atoms with Crippen molar-refractivity contribution >= 4 is 27.4 Å². The number of hydrogen-bond acceptors (Lipinski definition) is 4. The van der Waals surface area contributed by atoms with E-state index >= 15 is 0 Å². The molecule has 0 aromatic heterocycles. The lowest BCUT2D eigenvalue weighted by Gasteiger charge is -2.06. The summed E-state index contributed by atoms with van der Waals surface area (Å²) >= 11 is 0. The van der Waals surface area contributed by atoms with Crippen LogP contribution in [-0.4, -0.2) is 31.7 Å². The summed E-state index contributed by atoms with van der Waals surface area (Å²) in [5.74, 6) is -2.61. The van der Waals surface area contributed by atoms with Crippen molar-refractivity contribution in [3.8, 4) is 0 Å². The van der Waals surface area contributed by atoms with Crippen molar-refractivity contribution in [3.63, 3.8) is 0 Å². The Hall–Kier alpha value is -1.89. The molecule has 2 atom stereocenters. The van der Waals surface area contributed by atoms with Gasteiger partial charge in [0.05, 0.1) is 16.7 Å². The van der Waals surface area contributed by atoms with Crippen LogP contribution in [-0.2, 0) is 19.4 Å². The van der Waals surface area contributed by atoms with E-state index in [9.17, 15) is 18.0 Å². The molecule has 21 heavy (non-hydrogen) atoms. The number of anilines is 1. The zero-order valence-corrected chi connectivity index (χ0v) is 12.8. The first-order chi connectivity index (χ1) is 9.55. The number of carbonyl (C=O) groups is 2. The molecule has 1 aromatic rings. The van der Waals surface area contributed by atoms with Gasteiger partial charge in [0.15, 0.2) is 9.84 Å². The third-order valence-electron chi connectivity index (χ3n) is 3.93. The van der Waals surface area contributed by atoms with Gasteiger partial charge in [-0.1, -0.05) is 13.8 Å². The van der Waals surface area contributed by atoms with Gasteiger partial charge in [-0.05, 0) is 29.7 Å². The quantitative estimate of drug-likeness (QED) is 0.875. The number of hydrogen-bond donors (Lipinski definition) is 2. The van der Waals surface area contributed by atoms with Crippen LogP contribution >= 0.6 is 0 Å². The molecule has 1 saturated carbocycles. The van der Waals surface area contributed by atoms with Crippen LogP contribution in [0, 0.1) is 17.3 Å². The first-order valence-electron chi connectivity index (χ1n) is 6.39. The molecule has 0 bridgehead atoms. The molecular formula is C14H17NO5S. The van der Waals surface area contributed by atoms with Crippen molar-refractivity contribution in [1.29, 1.82) is 0 Å². The number of nitrogens with one attached hydrogen (secondary N) is 1. The van der Waals surface area contributed by atoms with Crippen LogP contribution in [0.15, 0.2) is 29.2 Å². The summed E-state index contributed by atoms with van der Waals surface area (Å²) in [5.41, 5.74) is -0.123. The average Bonchev–Trinajstić information content (AvgIpc) is 2.92. The Morgan fingerprint density at radius 2 is 1.67 bits per heavy atom. The van der Waals surface area contributed by atoms with Gasteiger partial charge >= 0.3 is 5.97 Å².